The highest BCUT2D eigenvalue weighted by atomic mass is 32.2. The van der Waals surface area contributed by atoms with Crippen LogP contribution in [0.1, 0.15) is 26.2 Å². The van der Waals surface area contributed by atoms with Crippen molar-refractivity contribution in [3.05, 3.63) is 0 Å². The van der Waals surface area contributed by atoms with Crippen LogP contribution in [0.15, 0.2) is 0 Å². The Labute approximate surface area is 74.3 Å². The van der Waals surface area contributed by atoms with Crippen LogP contribution in [0.25, 0.3) is 0 Å². The van der Waals surface area contributed by atoms with E-state index in [9.17, 15) is 8.42 Å². The quantitative estimate of drug-likeness (QED) is 0.706. The van der Waals surface area contributed by atoms with Crippen LogP contribution in [0.4, 0.5) is 0 Å². The third kappa shape index (κ3) is 3.11. The maximum Gasteiger partial charge on any atom is 0.152 e. The Balaban J connectivity index is 2.37. The largest absolute Gasteiger partial charge is 0.327 e. The molecule has 0 saturated heterocycles. The first kappa shape index (κ1) is 9.99. The van der Waals surface area contributed by atoms with Gasteiger partial charge in [-0.2, -0.15) is 0 Å². The molecule has 0 aliphatic heterocycles. The van der Waals surface area contributed by atoms with Crippen molar-refractivity contribution in [2.24, 2.45) is 11.7 Å². The summed E-state index contributed by atoms with van der Waals surface area (Å²) in [6, 6.07) is -0.227. The van der Waals surface area contributed by atoms with Crippen LogP contribution in [0.3, 0.4) is 0 Å². The molecule has 0 aromatic carbocycles. The van der Waals surface area contributed by atoms with Gasteiger partial charge in [-0.15, -0.1) is 0 Å². The van der Waals surface area contributed by atoms with Crippen molar-refractivity contribution in [1.29, 1.82) is 0 Å². The topological polar surface area (TPSA) is 60.2 Å². The van der Waals surface area contributed by atoms with E-state index in [1.54, 1.807) is 6.92 Å². The summed E-state index contributed by atoms with van der Waals surface area (Å²) in [6.45, 7) is 1.73. The monoisotopic (exact) mass is 191 g/mol. The minimum Gasteiger partial charge on any atom is -0.327 e. The van der Waals surface area contributed by atoms with E-state index in [4.69, 9.17) is 5.73 Å². The molecule has 0 spiro atoms. The molecule has 1 atom stereocenters. The van der Waals surface area contributed by atoms with Gasteiger partial charge in [0.25, 0.3) is 0 Å². The number of sulfone groups is 1. The molecule has 1 aliphatic carbocycles. The van der Waals surface area contributed by atoms with Gasteiger partial charge in [-0.3, -0.25) is 0 Å². The molecule has 3 nitrogen and oxygen atoms in total. The van der Waals surface area contributed by atoms with Gasteiger partial charge < -0.3 is 5.73 Å². The molecule has 1 unspecified atom stereocenters. The molecule has 0 radical (unpaired) electrons. The first-order valence-corrected chi connectivity index (χ1v) is 6.28. The maximum absolute atomic E-state index is 11.4. The number of hydrogen-bond acceptors (Lipinski definition) is 3. The summed E-state index contributed by atoms with van der Waals surface area (Å²) >= 11 is 0. The fraction of sp³-hybridized carbons (Fsp3) is 1.00. The van der Waals surface area contributed by atoms with Crippen LogP contribution in [-0.4, -0.2) is 26.0 Å². The minimum absolute atomic E-state index is 0.142. The van der Waals surface area contributed by atoms with Gasteiger partial charge in [0.15, 0.2) is 9.84 Å². The zero-order valence-electron chi connectivity index (χ0n) is 7.49. The third-order valence-corrected chi connectivity index (χ3v) is 4.24. The van der Waals surface area contributed by atoms with Gasteiger partial charge in [0.2, 0.25) is 0 Å². The molecule has 12 heavy (non-hydrogen) atoms. The van der Waals surface area contributed by atoms with Crippen LogP contribution in [0, 0.1) is 5.92 Å². The third-order valence-electron chi connectivity index (χ3n) is 2.23. The minimum atomic E-state index is -2.87. The second-order valence-corrected chi connectivity index (χ2v) is 6.00. The molecule has 0 heterocycles. The lowest BCUT2D eigenvalue weighted by Crippen LogP contribution is -2.31. The summed E-state index contributed by atoms with van der Waals surface area (Å²) in [7, 11) is -2.87. The first-order valence-electron chi connectivity index (χ1n) is 4.45. The molecule has 1 fully saturated rings. The van der Waals surface area contributed by atoms with Gasteiger partial charge >= 0.3 is 0 Å². The lowest BCUT2D eigenvalue weighted by molar-refractivity contribution is 0.347. The highest BCUT2D eigenvalue weighted by Gasteiger charge is 2.24. The van der Waals surface area contributed by atoms with Crippen LogP contribution < -0.4 is 5.73 Å². The van der Waals surface area contributed by atoms with Crippen LogP contribution >= 0.6 is 0 Å². The highest BCUT2D eigenvalue weighted by molar-refractivity contribution is 7.91. The molecule has 1 aliphatic rings. The fourth-order valence-corrected chi connectivity index (χ4v) is 3.48. The Morgan fingerprint density at radius 2 is 2.08 bits per heavy atom. The average molecular weight is 191 g/mol. The van der Waals surface area contributed by atoms with E-state index < -0.39 is 9.84 Å². The molecule has 2 N–H and O–H groups in total. The van der Waals surface area contributed by atoms with Crippen molar-refractivity contribution >= 4 is 9.84 Å². The van der Waals surface area contributed by atoms with E-state index >= 15 is 0 Å². The standard InChI is InChI=1S/C8H17NO2S/c1-7(9)5-12(10,11)6-8-3-2-4-8/h7-8H,2-6,9H2,1H3. The predicted octanol–water partition coefficient (Wildman–Crippen LogP) is 0.548. The highest BCUT2D eigenvalue weighted by Crippen LogP contribution is 2.27. The summed E-state index contributed by atoms with van der Waals surface area (Å²) < 4.78 is 22.7. The van der Waals surface area contributed by atoms with Crippen molar-refractivity contribution in [1.82, 2.24) is 0 Å². The molecule has 0 bridgehead atoms. The van der Waals surface area contributed by atoms with Gasteiger partial charge in [0.05, 0.1) is 11.5 Å². The van der Waals surface area contributed by atoms with Gasteiger partial charge in [0, 0.05) is 6.04 Å². The summed E-state index contributed by atoms with van der Waals surface area (Å²) in [4.78, 5) is 0. The first-order chi connectivity index (χ1) is 5.49. The smallest absolute Gasteiger partial charge is 0.152 e. The fourth-order valence-electron chi connectivity index (χ4n) is 1.49. The molecule has 0 aromatic rings. The molecule has 0 amide bonds. The van der Waals surface area contributed by atoms with Gasteiger partial charge in [-0.05, 0) is 25.7 Å². The van der Waals surface area contributed by atoms with E-state index in [1.807, 2.05) is 0 Å². The normalized spacial score (nSPS) is 21.8. The average Bonchev–Trinajstić information content (AvgIpc) is 1.76. The van der Waals surface area contributed by atoms with E-state index in [2.05, 4.69) is 0 Å². The summed E-state index contributed by atoms with van der Waals surface area (Å²) in [5.74, 6) is 0.923. The van der Waals surface area contributed by atoms with Crippen molar-refractivity contribution in [3.63, 3.8) is 0 Å². The second-order valence-electron chi connectivity index (χ2n) is 3.85. The molecule has 1 saturated carbocycles. The Morgan fingerprint density at radius 3 is 2.42 bits per heavy atom. The number of nitrogens with two attached hydrogens (primary N) is 1. The predicted molar refractivity (Wildman–Crippen MR) is 49.6 cm³/mol. The lowest BCUT2D eigenvalue weighted by atomic mass is 9.87. The van der Waals surface area contributed by atoms with E-state index in [1.165, 1.54) is 6.42 Å². The Morgan fingerprint density at radius 1 is 1.50 bits per heavy atom. The van der Waals surface area contributed by atoms with Crippen molar-refractivity contribution in [3.8, 4) is 0 Å². The van der Waals surface area contributed by atoms with Crippen molar-refractivity contribution in [2.45, 2.75) is 32.2 Å². The number of hydrogen-bond donors (Lipinski definition) is 1. The molecule has 72 valence electrons. The van der Waals surface area contributed by atoms with Crippen molar-refractivity contribution < 1.29 is 8.42 Å². The van der Waals surface area contributed by atoms with E-state index in [-0.39, 0.29) is 11.8 Å². The van der Waals surface area contributed by atoms with Crippen LogP contribution in [0.5, 0.6) is 0 Å². The zero-order chi connectivity index (χ0) is 9.19. The van der Waals surface area contributed by atoms with E-state index in [0.717, 1.165) is 12.8 Å². The zero-order valence-corrected chi connectivity index (χ0v) is 8.31. The van der Waals surface area contributed by atoms with Crippen molar-refractivity contribution in [2.75, 3.05) is 11.5 Å². The molecular weight excluding hydrogens is 174 g/mol. The SMILES string of the molecule is CC(N)CS(=O)(=O)CC1CCC1. The maximum atomic E-state index is 11.4. The molecular formula is C8H17NO2S. The Kier molecular flexibility index (Phi) is 3.12. The summed E-state index contributed by atoms with van der Waals surface area (Å²) in [6.07, 6.45) is 3.36. The molecule has 1 rings (SSSR count). The molecule has 0 aromatic heterocycles. The van der Waals surface area contributed by atoms with Crippen LogP contribution in [-0.2, 0) is 9.84 Å². The summed E-state index contributed by atoms with van der Waals surface area (Å²) in [5.41, 5.74) is 5.43. The number of rotatable bonds is 4. The lowest BCUT2D eigenvalue weighted by Gasteiger charge is -2.25. The van der Waals surface area contributed by atoms with E-state index in [0.29, 0.717) is 11.7 Å². The van der Waals surface area contributed by atoms with Gasteiger partial charge in [0.1, 0.15) is 0 Å². The molecule has 4 heteroatoms. The van der Waals surface area contributed by atoms with Gasteiger partial charge in [-0.1, -0.05) is 6.42 Å². The Hall–Kier alpha value is -0.0900. The summed E-state index contributed by atoms with van der Waals surface area (Å²) in [5, 5.41) is 0. The second kappa shape index (κ2) is 3.75. The van der Waals surface area contributed by atoms with Gasteiger partial charge in [-0.25, -0.2) is 8.42 Å². The Bertz CT molecular complexity index is 229. The van der Waals surface area contributed by atoms with Crippen LogP contribution in [0.2, 0.25) is 0 Å².